The minimum Gasteiger partial charge on any atom is -0.385 e. The summed E-state index contributed by atoms with van der Waals surface area (Å²) in [5.74, 6) is 0. The highest BCUT2D eigenvalue weighted by Gasteiger charge is 2.21. The quantitative estimate of drug-likeness (QED) is 0.718. The zero-order valence-electron chi connectivity index (χ0n) is 9.81. The first-order chi connectivity index (χ1) is 5.77. The normalized spacial score (nSPS) is 17.1. The molecule has 1 atom stereocenters. The predicted octanol–water partition coefficient (Wildman–Crippen LogP) is 2.57. The molecule has 13 heavy (non-hydrogen) atoms. The fraction of sp³-hybridized carbons (Fsp3) is 1.00. The van der Waals surface area contributed by atoms with Crippen LogP contribution in [0.2, 0.25) is 0 Å². The zero-order valence-corrected chi connectivity index (χ0v) is 9.81. The third-order valence-corrected chi connectivity index (χ3v) is 2.32. The van der Waals surface area contributed by atoms with Crippen molar-refractivity contribution in [1.82, 2.24) is 0 Å². The summed E-state index contributed by atoms with van der Waals surface area (Å²) in [6.07, 6.45) is 3.18. The van der Waals surface area contributed by atoms with Gasteiger partial charge in [0.1, 0.15) is 0 Å². The molecular weight excluding hydrogens is 162 g/mol. The van der Waals surface area contributed by atoms with Gasteiger partial charge in [-0.05, 0) is 31.6 Å². The van der Waals surface area contributed by atoms with Crippen LogP contribution in [0, 0.1) is 5.41 Å². The van der Waals surface area contributed by atoms with E-state index in [1.807, 2.05) is 0 Å². The molecule has 0 radical (unpaired) electrons. The van der Waals surface area contributed by atoms with E-state index in [-0.39, 0.29) is 5.54 Å². The Labute approximate surface area is 82.8 Å². The standard InChI is InChI=1S/C11H25NO/c1-10(2,3)6-7-11(4,12)8-9-13-5/h6-9,12H2,1-5H3. The lowest BCUT2D eigenvalue weighted by Gasteiger charge is -2.28. The van der Waals surface area contributed by atoms with Crippen LogP contribution in [0.1, 0.15) is 47.0 Å². The van der Waals surface area contributed by atoms with E-state index in [4.69, 9.17) is 10.5 Å². The Kier molecular flexibility index (Phi) is 4.93. The molecule has 0 fully saturated rings. The molecule has 0 bridgehead atoms. The van der Waals surface area contributed by atoms with Gasteiger partial charge in [-0.2, -0.15) is 0 Å². The molecule has 1 unspecified atom stereocenters. The molecule has 0 saturated carbocycles. The summed E-state index contributed by atoms with van der Waals surface area (Å²) in [5, 5.41) is 0. The SMILES string of the molecule is COCCC(C)(N)CCC(C)(C)C. The molecule has 0 amide bonds. The zero-order chi connectivity index (χ0) is 10.5. The van der Waals surface area contributed by atoms with Gasteiger partial charge in [-0.15, -0.1) is 0 Å². The second-order valence-electron chi connectivity index (χ2n) is 5.46. The molecule has 2 nitrogen and oxygen atoms in total. The molecule has 0 spiro atoms. The first-order valence-corrected chi connectivity index (χ1v) is 5.05. The van der Waals surface area contributed by atoms with Crippen molar-refractivity contribution in [2.24, 2.45) is 11.1 Å². The topological polar surface area (TPSA) is 35.2 Å². The van der Waals surface area contributed by atoms with E-state index >= 15 is 0 Å². The monoisotopic (exact) mass is 187 g/mol. The van der Waals surface area contributed by atoms with Gasteiger partial charge in [-0.3, -0.25) is 0 Å². The maximum Gasteiger partial charge on any atom is 0.0479 e. The Bertz CT molecular complexity index is 136. The van der Waals surface area contributed by atoms with Gasteiger partial charge in [0, 0.05) is 19.3 Å². The number of hydrogen-bond acceptors (Lipinski definition) is 2. The highest BCUT2D eigenvalue weighted by Crippen LogP contribution is 2.25. The summed E-state index contributed by atoms with van der Waals surface area (Å²) in [6.45, 7) is 9.62. The Morgan fingerprint density at radius 2 is 1.54 bits per heavy atom. The Balaban J connectivity index is 3.75. The van der Waals surface area contributed by atoms with Gasteiger partial charge in [-0.25, -0.2) is 0 Å². The largest absolute Gasteiger partial charge is 0.385 e. The van der Waals surface area contributed by atoms with Crippen molar-refractivity contribution in [2.45, 2.75) is 52.5 Å². The molecule has 0 aromatic rings. The van der Waals surface area contributed by atoms with Crippen molar-refractivity contribution in [1.29, 1.82) is 0 Å². The van der Waals surface area contributed by atoms with E-state index in [2.05, 4.69) is 27.7 Å². The van der Waals surface area contributed by atoms with Crippen LogP contribution in [0.5, 0.6) is 0 Å². The van der Waals surface area contributed by atoms with Gasteiger partial charge in [0.2, 0.25) is 0 Å². The van der Waals surface area contributed by atoms with Crippen LogP contribution in [0.4, 0.5) is 0 Å². The Morgan fingerprint density at radius 1 is 1.00 bits per heavy atom. The molecule has 0 saturated heterocycles. The van der Waals surface area contributed by atoms with Crippen LogP contribution in [0.25, 0.3) is 0 Å². The number of hydrogen-bond donors (Lipinski definition) is 1. The van der Waals surface area contributed by atoms with Crippen LogP contribution in [-0.2, 0) is 4.74 Å². The van der Waals surface area contributed by atoms with Gasteiger partial charge in [0.25, 0.3) is 0 Å². The average molecular weight is 187 g/mol. The van der Waals surface area contributed by atoms with Gasteiger partial charge >= 0.3 is 0 Å². The lowest BCUT2D eigenvalue weighted by molar-refractivity contribution is 0.163. The second kappa shape index (κ2) is 4.97. The predicted molar refractivity (Wildman–Crippen MR) is 57.8 cm³/mol. The molecule has 0 aliphatic rings. The number of nitrogens with two attached hydrogens (primary N) is 1. The number of rotatable bonds is 5. The van der Waals surface area contributed by atoms with Gasteiger partial charge in [-0.1, -0.05) is 20.8 Å². The Hall–Kier alpha value is -0.0800. The summed E-state index contributed by atoms with van der Waals surface area (Å²) in [5.41, 5.74) is 6.45. The molecule has 0 rings (SSSR count). The summed E-state index contributed by atoms with van der Waals surface area (Å²) in [6, 6.07) is 0. The van der Waals surface area contributed by atoms with Crippen LogP contribution >= 0.6 is 0 Å². The highest BCUT2D eigenvalue weighted by molar-refractivity contribution is 4.80. The van der Waals surface area contributed by atoms with Crippen LogP contribution < -0.4 is 5.73 Å². The molecule has 2 heteroatoms. The molecule has 2 N–H and O–H groups in total. The summed E-state index contributed by atoms with van der Waals surface area (Å²) < 4.78 is 5.03. The number of ether oxygens (including phenoxy) is 1. The minimum atomic E-state index is -0.0662. The summed E-state index contributed by atoms with van der Waals surface area (Å²) in [7, 11) is 1.72. The van der Waals surface area contributed by atoms with Gasteiger partial charge in [0.05, 0.1) is 0 Å². The van der Waals surface area contributed by atoms with Gasteiger partial charge < -0.3 is 10.5 Å². The first-order valence-electron chi connectivity index (χ1n) is 5.05. The summed E-state index contributed by atoms with van der Waals surface area (Å²) >= 11 is 0. The highest BCUT2D eigenvalue weighted by atomic mass is 16.5. The number of methoxy groups -OCH3 is 1. The fourth-order valence-corrected chi connectivity index (χ4v) is 1.12. The molecule has 80 valence electrons. The minimum absolute atomic E-state index is 0.0662. The third-order valence-electron chi connectivity index (χ3n) is 2.32. The first kappa shape index (κ1) is 12.9. The molecule has 0 aromatic carbocycles. The smallest absolute Gasteiger partial charge is 0.0479 e. The Morgan fingerprint density at radius 3 is 1.92 bits per heavy atom. The fourth-order valence-electron chi connectivity index (χ4n) is 1.12. The van der Waals surface area contributed by atoms with Crippen molar-refractivity contribution < 1.29 is 4.74 Å². The van der Waals surface area contributed by atoms with E-state index in [0.29, 0.717) is 5.41 Å². The van der Waals surface area contributed by atoms with Crippen LogP contribution in [-0.4, -0.2) is 19.3 Å². The van der Waals surface area contributed by atoms with E-state index in [1.165, 1.54) is 6.42 Å². The van der Waals surface area contributed by atoms with E-state index in [1.54, 1.807) is 7.11 Å². The third kappa shape index (κ3) is 8.26. The molecule has 0 heterocycles. The maximum atomic E-state index is 6.13. The van der Waals surface area contributed by atoms with E-state index < -0.39 is 0 Å². The lowest BCUT2D eigenvalue weighted by Crippen LogP contribution is -2.38. The van der Waals surface area contributed by atoms with Crippen molar-refractivity contribution >= 4 is 0 Å². The van der Waals surface area contributed by atoms with Gasteiger partial charge in [0.15, 0.2) is 0 Å². The van der Waals surface area contributed by atoms with Crippen molar-refractivity contribution in [2.75, 3.05) is 13.7 Å². The van der Waals surface area contributed by atoms with Crippen LogP contribution in [0.3, 0.4) is 0 Å². The average Bonchev–Trinajstić information content (AvgIpc) is 1.97. The van der Waals surface area contributed by atoms with Crippen molar-refractivity contribution in [3.63, 3.8) is 0 Å². The molecular formula is C11H25NO. The molecule has 0 aliphatic heterocycles. The van der Waals surface area contributed by atoms with Crippen LogP contribution in [0.15, 0.2) is 0 Å². The second-order valence-corrected chi connectivity index (χ2v) is 5.46. The summed E-state index contributed by atoms with van der Waals surface area (Å²) in [4.78, 5) is 0. The van der Waals surface area contributed by atoms with E-state index in [0.717, 1.165) is 19.4 Å². The molecule has 0 aliphatic carbocycles. The van der Waals surface area contributed by atoms with E-state index in [9.17, 15) is 0 Å². The van der Waals surface area contributed by atoms with Crippen molar-refractivity contribution in [3.05, 3.63) is 0 Å². The van der Waals surface area contributed by atoms with Crippen molar-refractivity contribution in [3.8, 4) is 0 Å². The molecule has 0 aromatic heterocycles. The lowest BCUT2D eigenvalue weighted by atomic mass is 9.83. The maximum absolute atomic E-state index is 6.13.